The van der Waals surface area contributed by atoms with Crippen molar-refractivity contribution in [3.63, 3.8) is 0 Å². The minimum absolute atomic E-state index is 0. The molecule has 1 heterocycles. The van der Waals surface area contributed by atoms with Gasteiger partial charge in [0.25, 0.3) is 5.91 Å². The minimum Gasteiger partial charge on any atom is -0.545 e. The van der Waals surface area contributed by atoms with Crippen molar-refractivity contribution in [1.82, 2.24) is 9.80 Å². The van der Waals surface area contributed by atoms with E-state index >= 15 is 0 Å². The number of piperazine rings is 1. The van der Waals surface area contributed by atoms with Gasteiger partial charge in [-0.3, -0.25) is 4.79 Å². The van der Waals surface area contributed by atoms with E-state index in [0.717, 1.165) is 0 Å². The van der Waals surface area contributed by atoms with Gasteiger partial charge in [-0.1, -0.05) is 12.1 Å². The first-order chi connectivity index (χ1) is 10.0. The summed E-state index contributed by atoms with van der Waals surface area (Å²) < 4.78 is 4.63. The fourth-order valence-electron chi connectivity index (χ4n) is 2.15. The number of carbonyl (C=O) groups excluding carboxylic acids is 3. The average molecular weight is 298 g/mol. The second-order valence-corrected chi connectivity index (χ2v) is 4.61. The van der Waals surface area contributed by atoms with E-state index in [2.05, 4.69) is 4.74 Å². The Kier molecular flexibility index (Phi) is 6.47. The number of carbonyl (C=O) groups is 3. The molecule has 0 bridgehead atoms. The van der Waals surface area contributed by atoms with Crippen LogP contribution in [0.2, 0.25) is 0 Å². The van der Waals surface area contributed by atoms with Gasteiger partial charge in [-0.2, -0.15) is 0 Å². The zero-order chi connectivity index (χ0) is 15.4. The number of methoxy groups -OCH3 is 1. The van der Waals surface area contributed by atoms with E-state index in [1.807, 2.05) is 0 Å². The molecule has 1 aliphatic rings. The average Bonchev–Trinajstić information content (AvgIpc) is 2.53. The third-order valence-corrected chi connectivity index (χ3v) is 3.37. The summed E-state index contributed by atoms with van der Waals surface area (Å²) in [6.45, 7) is 1.65. The van der Waals surface area contributed by atoms with Crippen molar-refractivity contribution in [3.05, 3.63) is 35.4 Å². The molecule has 1 fully saturated rings. The van der Waals surface area contributed by atoms with Gasteiger partial charge in [0, 0.05) is 31.7 Å². The summed E-state index contributed by atoms with van der Waals surface area (Å²) in [7, 11) is 1.32. The monoisotopic (exact) mass is 298 g/mol. The molecule has 112 valence electrons. The van der Waals surface area contributed by atoms with Crippen molar-refractivity contribution in [2.75, 3.05) is 33.3 Å². The third kappa shape index (κ3) is 4.03. The van der Waals surface area contributed by atoms with Crippen LogP contribution in [0.25, 0.3) is 0 Å². The largest absolute Gasteiger partial charge is 1.00 e. The summed E-state index contributed by atoms with van der Waals surface area (Å²) in [5, 5.41) is 10.7. The Morgan fingerprint density at radius 1 is 0.955 bits per heavy atom. The number of rotatable bonds is 2. The summed E-state index contributed by atoms with van der Waals surface area (Å²) in [6.07, 6.45) is -0.402. The van der Waals surface area contributed by atoms with E-state index in [1.165, 1.54) is 36.3 Å². The second kappa shape index (κ2) is 7.87. The molecule has 2 rings (SSSR count). The molecule has 0 radical (unpaired) electrons. The number of benzene rings is 1. The normalized spacial score (nSPS) is 14.0. The Labute approximate surface area is 140 Å². The molecular weight excluding hydrogens is 283 g/mol. The van der Waals surface area contributed by atoms with Crippen LogP contribution in [0.4, 0.5) is 4.79 Å². The number of hydrogen-bond donors (Lipinski definition) is 0. The molecule has 2 amide bonds. The van der Waals surface area contributed by atoms with Gasteiger partial charge in [-0.25, -0.2) is 4.79 Å². The van der Waals surface area contributed by atoms with E-state index in [4.69, 9.17) is 0 Å². The Bertz CT molecular complexity index is 553. The number of carboxylic acid groups (broad SMARTS) is 1. The molecule has 22 heavy (non-hydrogen) atoms. The van der Waals surface area contributed by atoms with Gasteiger partial charge in [0.05, 0.1) is 13.1 Å². The molecule has 1 aromatic rings. The van der Waals surface area contributed by atoms with Crippen molar-refractivity contribution in [2.24, 2.45) is 0 Å². The SMILES string of the molecule is COC(=O)N1CCN(C(=O)c2ccc(C(=O)[O-])cc2)CC1.[Li+]. The van der Waals surface area contributed by atoms with Crippen LogP contribution in [0.5, 0.6) is 0 Å². The molecular formula is C14H15LiN2O5. The Hall–Kier alpha value is -1.97. The van der Waals surface area contributed by atoms with Gasteiger partial charge in [0.2, 0.25) is 0 Å². The first-order valence-electron chi connectivity index (χ1n) is 6.46. The van der Waals surface area contributed by atoms with Crippen molar-refractivity contribution in [3.8, 4) is 0 Å². The molecule has 0 atom stereocenters. The van der Waals surface area contributed by atoms with Crippen LogP contribution in [0.15, 0.2) is 24.3 Å². The summed E-state index contributed by atoms with van der Waals surface area (Å²) in [4.78, 5) is 37.4. The molecule has 0 unspecified atom stereocenters. The maximum atomic E-state index is 12.3. The van der Waals surface area contributed by atoms with E-state index in [9.17, 15) is 19.5 Å². The molecule has 0 aliphatic carbocycles. The zero-order valence-corrected chi connectivity index (χ0v) is 12.6. The molecule has 0 spiro atoms. The van der Waals surface area contributed by atoms with Crippen LogP contribution < -0.4 is 24.0 Å². The van der Waals surface area contributed by atoms with E-state index < -0.39 is 12.1 Å². The molecule has 0 aromatic heterocycles. The van der Waals surface area contributed by atoms with Gasteiger partial charge in [0.1, 0.15) is 0 Å². The summed E-state index contributed by atoms with van der Waals surface area (Å²) in [5.74, 6) is -1.47. The Morgan fingerprint density at radius 2 is 1.41 bits per heavy atom. The van der Waals surface area contributed by atoms with Gasteiger partial charge in [0.15, 0.2) is 0 Å². The van der Waals surface area contributed by atoms with Crippen LogP contribution >= 0.6 is 0 Å². The van der Waals surface area contributed by atoms with Gasteiger partial charge in [-0.15, -0.1) is 0 Å². The van der Waals surface area contributed by atoms with Gasteiger partial charge < -0.3 is 24.4 Å². The first kappa shape index (κ1) is 18.1. The first-order valence-corrected chi connectivity index (χ1v) is 6.46. The maximum absolute atomic E-state index is 12.3. The summed E-state index contributed by atoms with van der Waals surface area (Å²) >= 11 is 0. The molecule has 7 nitrogen and oxygen atoms in total. The maximum Gasteiger partial charge on any atom is 1.00 e. The predicted molar refractivity (Wildman–Crippen MR) is 70.7 cm³/mol. The fourth-order valence-corrected chi connectivity index (χ4v) is 2.15. The molecule has 0 saturated carbocycles. The Balaban J connectivity index is 0.00000242. The van der Waals surface area contributed by atoms with Crippen molar-refractivity contribution in [2.45, 2.75) is 0 Å². The van der Waals surface area contributed by atoms with Gasteiger partial charge >= 0.3 is 25.0 Å². The van der Waals surface area contributed by atoms with Crippen LogP contribution in [0, 0.1) is 0 Å². The number of nitrogens with zero attached hydrogens (tertiary/aromatic N) is 2. The van der Waals surface area contributed by atoms with Crippen molar-refractivity contribution in [1.29, 1.82) is 0 Å². The van der Waals surface area contributed by atoms with Gasteiger partial charge in [-0.05, 0) is 17.7 Å². The quantitative estimate of drug-likeness (QED) is 0.530. The standard InChI is InChI=1S/C14H16N2O5.Li/c1-21-14(20)16-8-6-15(7-9-16)12(17)10-2-4-11(5-3-10)13(18)19;/h2-5H,6-9H2,1H3,(H,18,19);/q;+1/p-1. The number of amides is 2. The van der Waals surface area contributed by atoms with Crippen molar-refractivity contribution < 1.29 is 43.1 Å². The molecule has 8 heteroatoms. The van der Waals surface area contributed by atoms with E-state index in [0.29, 0.717) is 31.7 Å². The zero-order valence-electron chi connectivity index (χ0n) is 12.6. The molecule has 1 aliphatic heterocycles. The molecule has 1 saturated heterocycles. The number of hydrogen-bond acceptors (Lipinski definition) is 5. The number of carboxylic acids is 1. The Morgan fingerprint density at radius 3 is 1.86 bits per heavy atom. The van der Waals surface area contributed by atoms with Crippen molar-refractivity contribution >= 4 is 18.0 Å². The number of aromatic carboxylic acids is 1. The smallest absolute Gasteiger partial charge is 0.545 e. The minimum atomic E-state index is -1.28. The molecule has 1 aromatic carbocycles. The second-order valence-electron chi connectivity index (χ2n) is 4.61. The molecule has 0 N–H and O–H groups in total. The van der Waals surface area contributed by atoms with E-state index in [-0.39, 0.29) is 30.3 Å². The third-order valence-electron chi connectivity index (χ3n) is 3.37. The van der Waals surface area contributed by atoms with Crippen LogP contribution in [0.1, 0.15) is 20.7 Å². The predicted octanol–water partition coefficient (Wildman–Crippen LogP) is -3.42. The summed E-state index contributed by atoms with van der Waals surface area (Å²) in [5.41, 5.74) is 0.438. The topological polar surface area (TPSA) is 90.0 Å². The van der Waals surface area contributed by atoms with Crippen LogP contribution in [-0.4, -0.2) is 61.1 Å². The van der Waals surface area contributed by atoms with E-state index in [1.54, 1.807) is 4.90 Å². The van der Waals surface area contributed by atoms with Crippen LogP contribution in [-0.2, 0) is 4.74 Å². The summed E-state index contributed by atoms with van der Waals surface area (Å²) in [6, 6.07) is 5.60. The number of ether oxygens (including phenoxy) is 1. The van der Waals surface area contributed by atoms with Crippen LogP contribution in [0.3, 0.4) is 0 Å². The fraction of sp³-hybridized carbons (Fsp3) is 0.357.